The third-order valence-electron chi connectivity index (χ3n) is 4.51. The molecular formula is C13H23NO3S. The molecule has 0 spiro atoms. The number of nitrogens with one attached hydrogen (secondary N) is 1. The van der Waals surface area contributed by atoms with E-state index in [1.54, 1.807) is 0 Å². The molecule has 0 amide bonds. The van der Waals surface area contributed by atoms with Crippen LogP contribution in [0.25, 0.3) is 0 Å². The maximum absolute atomic E-state index is 12.5. The second kappa shape index (κ2) is 4.93. The summed E-state index contributed by atoms with van der Waals surface area (Å²) in [5.41, 5.74) is -0.413. The smallest absolute Gasteiger partial charge is 0.155 e. The highest BCUT2D eigenvalue weighted by Gasteiger charge is 2.42. The summed E-state index contributed by atoms with van der Waals surface area (Å²) in [6, 6.07) is 0. The van der Waals surface area contributed by atoms with Crippen molar-refractivity contribution in [2.24, 2.45) is 5.92 Å². The van der Waals surface area contributed by atoms with Gasteiger partial charge < -0.3 is 5.32 Å². The monoisotopic (exact) mass is 273 g/mol. The molecule has 1 saturated carbocycles. The Morgan fingerprint density at radius 1 is 1.28 bits per heavy atom. The minimum Gasteiger partial charge on any atom is -0.305 e. The quantitative estimate of drug-likeness (QED) is 0.842. The first-order valence-electron chi connectivity index (χ1n) is 6.81. The van der Waals surface area contributed by atoms with E-state index in [9.17, 15) is 13.2 Å². The standard InChI is InChI=1S/C13H23NO3S/c1-13(7-4-8-14-13)12(15)10-5-3-6-11(9-10)18(2,16)17/h10-11,14H,3-9H2,1-2H3. The molecule has 0 bridgehead atoms. The lowest BCUT2D eigenvalue weighted by Crippen LogP contribution is -2.49. The predicted molar refractivity (Wildman–Crippen MR) is 71.2 cm³/mol. The van der Waals surface area contributed by atoms with Crippen molar-refractivity contribution in [3.63, 3.8) is 0 Å². The van der Waals surface area contributed by atoms with Gasteiger partial charge in [0.05, 0.1) is 10.8 Å². The van der Waals surface area contributed by atoms with Gasteiger partial charge in [-0.3, -0.25) is 4.79 Å². The van der Waals surface area contributed by atoms with Crippen LogP contribution in [0.4, 0.5) is 0 Å². The number of Topliss-reactive ketones (excluding diaryl/α,β-unsaturated/α-hetero) is 1. The molecule has 1 aliphatic heterocycles. The summed E-state index contributed by atoms with van der Waals surface area (Å²) in [4.78, 5) is 12.5. The van der Waals surface area contributed by atoms with Crippen molar-refractivity contribution >= 4 is 15.6 Å². The number of hydrogen-bond donors (Lipinski definition) is 1. The lowest BCUT2D eigenvalue weighted by Gasteiger charge is -2.33. The summed E-state index contributed by atoms with van der Waals surface area (Å²) >= 11 is 0. The fourth-order valence-electron chi connectivity index (χ4n) is 3.33. The molecule has 0 radical (unpaired) electrons. The van der Waals surface area contributed by atoms with Gasteiger partial charge in [-0.1, -0.05) is 6.42 Å². The average molecular weight is 273 g/mol. The Hall–Kier alpha value is -0.420. The molecule has 2 rings (SSSR count). The molecule has 1 N–H and O–H groups in total. The second-order valence-corrected chi connectivity index (χ2v) is 8.37. The normalized spacial score (nSPS) is 37.7. The van der Waals surface area contributed by atoms with E-state index in [0.29, 0.717) is 12.8 Å². The number of rotatable bonds is 3. The van der Waals surface area contributed by atoms with Crippen LogP contribution < -0.4 is 5.32 Å². The fourth-order valence-corrected chi connectivity index (χ4v) is 4.50. The minimum absolute atomic E-state index is 0.0749. The minimum atomic E-state index is -3.01. The maximum atomic E-state index is 12.5. The Bertz CT molecular complexity index is 424. The molecular weight excluding hydrogens is 250 g/mol. The fraction of sp³-hybridized carbons (Fsp3) is 0.923. The summed E-state index contributed by atoms with van der Waals surface area (Å²) in [5.74, 6) is 0.155. The van der Waals surface area contributed by atoms with Crippen molar-refractivity contribution in [1.29, 1.82) is 0 Å². The van der Waals surface area contributed by atoms with E-state index in [1.165, 1.54) is 6.26 Å². The van der Waals surface area contributed by atoms with Crippen LogP contribution in [-0.4, -0.2) is 37.8 Å². The van der Waals surface area contributed by atoms with Crippen LogP contribution in [-0.2, 0) is 14.6 Å². The maximum Gasteiger partial charge on any atom is 0.155 e. The van der Waals surface area contributed by atoms with Crippen molar-refractivity contribution in [3.05, 3.63) is 0 Å². The highest BCUT2D eigenvalue weighted by molar-refractivity contribution is 7.91. The molecule has 5 heteroatoms. The van der Waals surface area contributed by atoms with Crippen LogP contribution in [0.5, 0.6) is 0 Å². The molecule has 3 atom stereocenters. The second-order valence-electron chi connectivity index (χ2n) is 6.04. The number of ketones is 1. The molecule has 4 nitrogen and oxygen atoms in total. The van der Waals surface area contributed by atoms with E-state index in [-0.39, 0.29) is 17.0 Å². The molecule has 3 unspecified atom stereocenters. The third-order valence-corrected chi connectivity index (χ3v) is 6.15. The van der Waals surface area contributed by atoms with Gasteiger partial charge in [0.25, 0.3) is 0 Å². The van der Waals surface area contributed by atoms with Crippen molar-refractivity contribution in [2.75, 3.05) is 12.8 Å². The van der Waals surface area contributed by atoms with Gasteiger partial charge in [0.1, 0.15) is 9.84 Å². The van der Waals surface area contributed by atoms with E-state index in [2.05, 4.69) is 5.32 Å². The molecule has 2 fully saturated rings. The predicted octanol–water partition coefficient (Wildman–Crippen LogP) is 1.30. The van der Waals surface area contributed by atoms with E-state index < -0.39 is 15.4 Å². The van der Waals surface area contributed by atoms with Crippen LogP contribution in [0.1, 0.15) is 45.4 Å². The lowest BCUT2D eigenvalue weighted by atomic mass is 9.78. The highest BCUT2D eigenvalue weighted by Crippen LogP contribution is 2.33. The van der Waals surface area contributed by atoms with Gasteiger partial charge in [-0.05, 0) is 45.6 Å². The summed E-state index contributed by atoms with van der Waals surface area (Å²) in [6.07, 6.45) is 6.14. The molecule has 1 heterocycles. The molecule has 18 heavy (non-hydrogen) atoms. The largest absolute Gasteiger partial charge is 0.305 e. The molecule has 0 aromatic rings. The highest BCUT2D eigenvalue weighted by atomic mass is 32.2. The Balaban J connectivity index is 2.07. The number of carbonyl (C=O) groups excluding carboxylic acids is 1. The molecule has 1 aliphatic carbocycles. The first kappa shape index (κ1) is 14.0. The molecule has 104 valence electrons. The van der Waals surface area contributed by atoms with Crippen LogP contribution in [0.2, 0.25) is 0 Å². The first-order chi connectivity index (χ1) is 8.33. The van der Waals surface area contributed by atoms with Crippen LogP contribution >= 0.6 is 0 Å². The van der Waals surface area contributed by atoms with Crippen molar-refractivity contribution < 1.29 is 13.2 Å². The summed E-state index contributed by atoms with van der Waals surface area (Å²) in [6.45, 7) is 2.86. The van der Waals surface area contributed by atoms with Gasteiger partial charge in [-0.15, -0.1) is 0 Å². The molecule has 0 aromatic heterocycles. The van der Waals surface area contributed by atoms with E-state index >= 15 is 0 Å². The summed E-state index contributed by atoms with van der Waals surface area (Å²) < 4.78 is 23.3. The third kappa shape index (κ3) is 2.77. The van der Waals surface area contributed by atoms with Gasteiger partial charge in [0.2, 0.25) is 0 Å². The average Bonchev–Trinajstić information content (AvgIpc) is 2.75. The van der Waals surface area contributed by atoms with Gasteiger partial charge >= 0.3 is 0 Å². The Labute approximate surface area is 109 Å². The SMILES string of the molecule is CC1(C(=O)C2CCCC(S(C)(=O)=O)C2)CCCN1. The van der Waals surface area contributed by atoms with Crippen molar-refractivity contribution in [1.82, 2.24) is 5.32 Å². The van der Waals surface area contributed by atoms with E-state index in [1.807, 2.05) is 6.92 Å². The molecule has 1 saturated heterocycles. The zero-order chi connectivity index (χ0) is 13.4. The number of sulfone groups is 1. The summed E-state index contributed by atoms with van der Waals surface area (Å²) in [5, 5.41) is 2.97. The topological polar surface area (TPSA) is 63.2 Å². The number of hydrogen-bond acceptors (Lipinski definition) is 4. The summed E-state index contributed by atoms with van der Waals surface area (Å²) in [7, 11) is -3.01. The van der Waals surface area contributed by atoms with E-state index in [0.717, 1.165) is 32.2 Å². The zero-order valence-electron chi connectivity index (χ0n) is 11.2. The van der Waals surface area contributed by atoms with Gasteiger partial charge in [0.15, 0.2) is 5.78 Å². The molecule has 2 aliphatic rings. The Morgan fingerprint density at radius 2 is 2.00 bits per heavy atom. The van der Waals surface area contributed by atoms with Crippen molar-refractivity contribution in [3.8, 4) is 0 Å². The van der Waals surface area contributed by atoms with Crippen LogP contribution in [0, 0.1) is 5.92 Å². The number of carbonyl (C=O) groups is 1. The zero-order valence-corrected chi connectivity index (χ0v) is 12.1. The Morgan fingerprint density at radius 3 is 2.56 bits per heavy atom. The van der Waals surface area contributed by atoms with E-state index in [4.69, 9.17) is 0 Å². The first-order valence-corrected chi connectivity index (χ1v) is 8.76. The van der Waals surface area contributed by atoms with Gasteiger partial charge in [-0.25, -0.2) is 8.42 Å². The molecule has 0 aromatic carbocycles. The van der Waals surface area contributed by atoms with Gasteiger partial charge in [0, 0.05) is 12.2 Å². The van der Waals surface area contributed by atoms with Crippen molar-refractivity contribution in [2.45, 2.75) is 56.2 Å². The van der Waals surface area contributed by atoms with Crippen LogP contribution in [0.3, 0.4) is 0 Å². The lowest BCUT2D eigenvalue weighted by molar-refractivity contribution is -0.129. The van der Waals surface area contributed by atoms with Gasteiger partial charge in [-0.2, -0.15) is 0 Å². The van der Waals surface area contributed by atoms with Crippen LogP contribution in [0.15, 0.2) is 0 Å². The Kier molecular flexibility index (Phi) is 3.83.